The van der Waals surface area contributed by atoms with Crippen LogP contribution in [0.1, 0.15) is 12.0 Å². The number of nitrogens with zero attached hydrogens (tertiary/aromatic N) is 2. The van der Waals surface area contributed by atoms with Crippen LogP contribution < -0.4 is 0 Å². The van der Waals surface area contributed by atoms with Crippen LogP contribution in [0.15, 0.2) is 66.9 Å². The first kappa shape index (κ1) is 14.1. The van der Waals surface area contributed by atoms with Gasteiger partial charge in [0.05, 0.1) is 17.6 Å². The number of para-hydroxylation sites is 1. The van der Waals surface area contributed by atoms with Crippen LogP contribution in [0.3, 0.4) is 0 Å². The Hall–Kier alpha value is -2.88. The summed E-state index contributed by atoms with van der Waals surface area (Å²) in [5.41, 5.74) is 3.89. The normalized spacial score (nSPS) is 10.5. The summed E-state index contributed by atoms with van der Waals surface area (Å²) in [6.07, 6.45) is 2.32. The van der Waals surface area contributed by atoms with Gasteiger partial charge in [0.25, 0.3) is 0 Å². The Balaban J connectivity index is 2.09. The predicted octanol–water partition coefficient (Wildman–Crippen LogP) is 3.56. The minimum Gasteiger partial charge on any atom is -0.481 e. The summed E-state index contributed by atoms with van der Waals surface area (Å²) < 4.78 is 1.87. The third-order valence-electron chi connectivity index (χ3n) is 3.50. The molecule has 0 aliphatic heterocycles. The topological polar surface area (TPSA) is 55.1 Å². The Kier molecular flexibility index (Phi) is 4.01. The van der Waals surface area contributed by atoms with Crippen LogP contribution in [0.5, 0.6) is 0 Å². The van der Waals surface area contributed by atoms with E-state index in [4.69, 9.17) is 5.11 Å². The van der Waals surface area contributed by atoms with Gasteiger partial charge in [0.15, 0.2) is 0 Å². The molecule has 22 heavy (non-hydrogen) atoms. The van der Waals surface area contributed by atoms with Crippen LogP contribution in [0.2, 0.25) is 0 Å². The van der Waals surface area contributed by atoms with E-state index in [-0.39, 0.29) is 6.42 Å². The van der Waals surface area contributed by atoms with Gasteiger partial charge in [-0.15, -0.1) is 0 Å². The third kappa shape index (κ3) is 2.91. The zero-order valence-corrected chi connectivity index (χ0v) is 12.0. The number of carboxylic acids is 1. The number of carboxylic acid groups (broad SMARTS) is 1. The molecule has 3 aromatic rings. The lowest BCUT2D eigenvalue weighted by molar-refractivity contribution is -0.136. The fourth-order valence-corrected chi connectivity index (χ4v) is 2.48. The van der Waals surface area contributed by atoms with E-state index in [2.05, 4.69) is 5.10 Å². The first-order valence-electron chi connectivity index (χ1n) is 7.15. The molecule has 0 unspecified atom stereocenters. The number of hydrogen-bond donors (Lipinski definition) is 1. The van der Waals surface area contributed by atoms with Crippen molar-refractivity contribution in [2.45, 2.75) is 12.8 Å². The summed E-state index contributed by atoms with van der Waals surface area (Å²) in [6, 6.07) is 19.8. The van der Waals surface area contributed by atoms with Crippen molar-refractivity contribution in [3.63, 3.8) is 0 Å². The number of benzene rings is 2. The summed E-state index contributed by atoms with van der Waals surface area (Å²) >= 11 is 0. The van der Waals surface area contributed by atoms with Crippen molar-refractivity contribution in [3.8, 4) is 16.9 Å². The van der Waals surface area contributed by atoms with Crippen LogP contribution in [0, 0.1) is 0 Å². The fourth-order valence-electron chi connectivity index (χ4n) is 2.48. The smallest absolute Gasteiger partial charge is 0.303 e. The highest BCUT2D eigenvalue weighted by molar-refractivity contribution is 5.69. The molecular formula is C18H16N2O2. The molecule has 0 amide bonds. The molecule has 0 atom stereocenters. The molecule has 0 aliphatic carbocycles. The van der Waals surface area contributed by atoms with Crippen molar-refractivity contribution in [2.75, 3.05) is 0 Å². The van der Waals surface area contributed by atoms with E-state index in [1.54, 1.807) is 6.20 Å². The molecule has 1 heterocycles. The summed E-state index contributed by atoms with van der Waals surface area (Å²) in [5.74, 6) is -0.800. The first-order valence-corrected chi connectivity index (χ1v) is 7.15. The monoisotopic (exact) mass is 292 g/mol. The predicted molar refractivity (Wildman–Crippen MR) is 85.0 cm³/mol. The van der Waals surface area contributed by atoms with E-state index in [1.807, 2.05) is 65.3 Å². The summed E-state index contributed by atoms with van der Waals surface area (Å²) in [6.45, 7) is 0. The maximum absolute atomic E-state index is 10.9. The molecule has 0 aliphatic rings. The zero-order valence-electron chi connectivity index (χ0n) is 12.0. The van der Waals surface area contributed by atoms with Crippen molar-refractivity contribution >= 4 is 5.97 Å². The summed E-state index contributed by atoms with van der Waals surface area (Å²) in [4.78, 5) is 10.9. The zero-order chi connectivity index (χ0) is 15.4. The van der Waals surface area contributed by atoms with Crippen LogP contribution in [0.25, 0.3) is 16.9 Å². The number of hydrogen-bond acceptors (Lipinski definition) is 2. The second-order valence-electron chi connectivity index (χ2n) is 5.03. The van der Waals surface area contributed by atoms with E-state index in [9.17, 15) is 4.79 Å². The maximum Gasteiger partial charge on any atom is 0.303 e. The minimum atomic E-state index is -0.800. The molecule has 1 aromatic heterocycles. The number of aliphatic carboxylic acids is 1. The molecular weight excluding hydrogens is 276 g/mol. The standard InChI is InChI=1S/C18H16N2O2/c21-17(22)12-11-15-13-19-20(16-9-5-2-6-10-16)18(15)14-7-3-1-4-8-14/h1-10,13H,11-12H2,(H,21,22). The van der Waals surface area contributed by atoms with Gasteiger partial charge < -0.3 is 5.11 Å². The molecule has 4 heteroatoms. The molecule has 3 rings (SSSR count). The van der Waals surface area contributed by atoms with Crippen LogP contribution >= 0.6 is 0 Å². The molecule has 0 spiro atoms. The highest BCUT2D eigenvalue weighted by Gasteiger charge is 2.14. The second-order valence-corrected chi connectivity index (χ2v) is 5.03. The average molecular weight is 292 g/mol. The lowest BCUT2D eigenvalue weighted by atomic mass is 10.0. The van der Waals surface area contributed by atoms with Gasteiger partial charge in [-0.2, -0.15) is 5.10 Å². The van der Waals surface area contributed by atoms with Crippen molar-refractivity contribution in [1.29, 1.82) is 0 Å². The molecule has 0 saturated carbocycles. The number of aromatic nitrogens is 2. The number of aryl methyl sites for hydroxylation is 1. The van der Waals surface area contributed by atoms with Crippen molar-refractivity contribution in [3.05, 3.63) is 72.4 Å². The Morgan fingerprint density at radius 2 is 1.64 bits per heavy atom. The Morgan fingerprint density at radius 1 is 1.00 bits per heavy atom. The van der Waals surface area contributed by atoms with Crippen LogP contribution in [-0.2, 0) is 11.2 Å². The summed E-state index contributed by atoms with van der Waals surface area (Å²) in [5, 5.41) is 13.4. The molecule has 0 fully saturated rings. The second kappa shape index (κ2) is 6.26. The lowest BCUT2D eigenvalue weighted by Crippen LogP contribution is -2.01. The molecule has 2 aromatic carbocycles. The Morgan fingerprint density at radius 3 is 2.27 bits per heavy atom. The van der Waals surface area contributed by atoms with E-state index < -0.39 is 5.97 Å². The van der Waals surface area contributed by atoms with Gasteiger partial charge in [0, 0.05) is 12.0 Å². The van der Waals surface area contributed by atoms with Crippen LogP contribution in [-0.4, -0.2) is 20.9 Å². The fraction of sp³-hybridized carbons (Fsp3) is 0.111. The highest BCUT2D eigenvalue weighted by Crippen LogP contribution is 2.27. The molecule has 1 N–H and O–H groups in total. The quantitative estimate of drug-likeness (QED) is 0.782. The average Bonchev–Trinajstić information content (AvgIpc) is 2.98. The van der Waals surface area contributed by atoms with Crippen molar-refractivity contribution in [1.82, 2.24) is 9.78 Å². The maximum atomic E-state index is 10.9. The van der Waals surface area contributed by atoms with E-state index in [0.29, 0.717) is 6.42 Å². The Labute approximate surface area is 128 Å². The van der Waals surface area contributed by atoms with Gasteiger partial charge in [0.2, 0.25) is 0 Å². The largest absolute Gasteiger partial charge is 0.481 e. The van der Waals surface area contributed by atoms with E-state index in [0.717, 1.165) is 22.5 Å². The van der Waals surface area contributed by atoms with Crippen LogP contribution in [0.4, 0.5) is 0 Å². The molecule has 0 radical (unpaired) electrons. The van der Waals surface area contributed by atoms with Gasteiger partial charge in [0.1, 0.15) is 0 Å². The lowest BCUT2D eigenvalue weighted by Gasteiger charge is -2.10. The van der Waals surface area contributed by atoms with Gasteiger partial charge >= 0.3 is 5.97 Å². The van der Waals surface area contributed by atoms with Gasteiger partial charge in [-0.3, -0.25) is 4.79 Å². The van der Waals surface area contributed by atoms with Crippen molar-refractivity contribution in [2.24, 2.45) is 0 Å². The van der Waals surface area contributed by atoms with Gasteiger partial charge in [-0.1, -0.05) is 48.5 Å². The first-order chi connectivity index (χ1) is 10.8. The SMILES string of the molecule is O=C(O)CCc1cnn(-c2ccccc2)c1-c1ccccc1. The third-order valence-corrected chi connectivity index (χ3v) is 3.50. The molecule has 4 nitrogen and oxygen atoms in total. The summed E-state index contributed by atoms with van der Waals surface area (Å²) in [7, 11) is 0. The van der Waals surface area contributed by atoms with Crippen molar-refractivity contribution < 1.29 is 9.90 Å². The van der Waals surface area contributed by atoms with E-state index in [1.165, 1.54) is 0 Å². The molecule has 0 saturated heterocycles. The molecule has 0 bridgehead atoms. The van der Waals surface area contributed by atoms with Gasteiger partial charge in [-0.25, -0.2) is 4.68 Å². The number of carbonyl (C=O) groups is 1. The molecule has 110 valence electrons. The Bertz CT molecular complexity index is 764. The number of rotatable bonds is 5. The van der Waals surface area contributed by atoms with E-state index >= 15 is 0 Å². The minimum absolute atomic E-state index is 0.0975. The highest BCUT2D eigenvalue weighted by atomic mass is 16.4. The van der Waals surface area contributed by atoms with Gasteiger partial charge in [-0.05, 0) is 24.1 Å².